The standard InChI is InChI=1S/C14H16N2O2S/c1-7-5-8(2)10(9(3)6-7)12-11(13(17)18-4)16-14(15)19-12/h5-6H,1-4H3,(H2,15,16). The molecule has 0 fully saturated rings. The molecule has 5 heteroatoms. The van der Waals surface area contributed by atoms with Gasteiger partial charge in [-0.1, -0.05) is 29.0 Å². The van der Waals surface area contributed by atoms with Crippen LogP contribution in [0.15, 0.2) is 12.1 Å². The average Bonchev–Trinajstić information content (AvgIpc) is 2.69. The van der Waals surface area contributed by atoms with E-state index in [-0.39, 0.29) is 0 Å². The van der Waals surface area contributed by atoms with Crippen molar-refractivity contribution in [3.8, 4) is 10.4 Å². The van der Waals surface area contributed by atoms with E-state index in [4.69, 9.17) is 10.5 Å². The zero-order valence-corrected chi connectivity index (χ0v) is 12.2. The molecule has 1 heterocycles. The van der Waals surface area contributed by atoms with E-state index < -0.39 is 5.97 Å². The van der Waals surface area contributed by atoms with Gasteiger partial charge in [-0.05, 0) is 31.9 Å². The number of hydrogen-bond acceptors (Lipinski definition) is 5. The van der Waals surface area contributed by atoms with Gasteiger partial charge in [-0.25, -0.2) is 9.78 Å². The molecular formula is C14H16N2O2S. The number of esters is 1. The van der Waals surface area contributed by atoms with Crippen LogP contribution in [0.3, 0.4) is 0 Å². The number of anilines is 1. The topological polar surface area (TPSA) is 65.2 Å². The minimum Gasteiger partial charge on any atom is -0.464 e. The van der Waals surface area contributed by atoms with Gasteiger partial charge in [-0.15, -0.1) is 0 Å². The van der Waals surface area contributed by atoms with E-state index in [2.05, 4.69) is 17.1 Å². The molecule has 2 N–H and O–H groups in total. The van der Waals surface area contributed by atoms with Crippen LogP contribution in [0.5, 0.6) is 0 Å². The predicted octanol–water partition coefficient (Wildman–Crippen LogP) is 3.10. The van der Waals surface area contributed by atoms with Crippen molar-refractivity contribution in [2.24, 2.45) is 0 Å². The van der Waals surface area contributed by atoms with E-state index >= 15 is 0 Å². The molecule has 0 aliphatic carbocycles. The van der Waals surface area contributed by atoms with Crippen LogP contribution in [-0.2, 0) is 4.74 Å². The number of carbonyl (C=O) groups is 1. The third kappa shape index (κ3) is 2.46. The number of aryl methyl sites for hydroxylation is 3. The predicted molar refractivity (Wildman–Crippen MR) is 77.5 cm³/mol. The Balaban J connectivity index is 2.69. The number of methoxy groups -OCH3 is 1. The summed E-state index contributed by atoms with van der Waals surface area (Å²) in [5.41, 5.74) is 10.4. The Kier molecular flexibility index (Phi) is 3.57. The summed E-state index contributed by atoms with van der Waals surface area (Å²) in [6, 6.07) is 4.17. The lowest BCUT2D eigenvalue weighted by molar-refractivity contribution is 0.0596. The molecule has 2 rings (SSSR count). The number of ether oxygens (including phenoxy) is 1. The maximum Gasteiger partial charge on any atom is 0.358 e. The van der Waals surface area contributed by atoms with Crippen molar-refractivity contribution >= 4 is 22.4 Å². The minimum absolute atomic E-state index is 0.292. The largest absolute Gasteiger partial charge is 0.464 e. The highest BCUT2D eigenvalue weighted by atomic mass is 32.1. The van der Waals surface area contributed by atoms with Crippen LogP contribution in [0.2, 0.25) is 0 Å². The van der Waals surface area contributed by atoms with Gasteiger partial charge in [-0.3, -0.25) is 0 Å². The lowest BCUT2D eigenvalue weighted by atomic mass is 9.98. The van der Waals surface area contributed by atoms with Gasteiger partial charge >= 0.3 is 5.97 Å². The van der Waals surface area contributed by atoms with E-state index in [0.29, 0.717) is 10.8 Å². The molecule has 1 aromatic carbocycles. The Bertz CT molecular complexity index is 624. The van der Waals surface area contributed by atoms with Crippen molar-refractivity contribution in [2.75, 3.05) is 12.8 Å². The van der Waals surface area contributed by atoms with Crippen molar-refractivity contribution in [3.63, 3.8) is 0 Å². The highest BCUT2D eigenvalue weighted by Crippen LogP contribution is 2.36. The fraction of sp³-hybridized carbons (Fsp3) is 0.286. The van der Waals surface area contributed by atoms with Gasteiger partial charge in [-0.2, -0.15) is 0 Å². The highest BCUT2D eigenvalue weighted by Gasteiger charge is 2.21. The first-order valence-corrected chi connectivity index (χ1v) is 6.68. The van der Waals surface area contributed by atoms with Crippen LogP contribution < -0.4 is 5.73 Å². The molecule has 1 aromatic heterocycles. The Hall–Kier alpha value is -1.88. The van der Waals surface area contributed by atoms with Gasteiger partial charge in [0.2, 0.25) is 0 Å². The third-order valence-electron chi connectivity index (χ3n) is 2.93. The second-order valence-electron chi connectivity index (χ2n) is 4.50. The number of hydrogen-bond donors (Lipinski definition) is 1. The first-order chi connectivity index (χ1) is 8.93. The SMILES string of the molecule is COC(=O)c1nc(N)sc1-c1c(C)cc(C)cc1C. The van der Waals surface area contributed by atoms with Crippen LogP contribution >= 0.6 is 11.3 Å². The molecule has 0 saturated carbocycles. The molecule has 0 unspecified atom stereocenters. The van der Waals surface area contributed by atoms with Crippen molar-refractivity contribution in [1.82, 2.24) is 4.98 Å². The molecule has 4 nitrogen and oxygen atoms in total. The molecule has 0 aliphatic rings. The van der Waals surface area contributed by atoms with Crippen LogP contribution in [0.25, 0.3) is 10.4 Å². The fourth-order valence-electron chi connectivity index (χ4n) is 2.28. The Morgan fingerprint density at radius 3 is 2.37 bits per heavy atom. The molecule has 2 aromatic rings. The lowest BCUT2D eigenvalue weighted by Crippen LogP contribution is -2.04. The Morgan fingerprint density at radius 1 is 1.26 bits per heavy atom. The molecule has 0 radical (unpaired) electrons. The summed E-state index contributed by atoms with van der Waals surface area (Å²) in [4.78, 5) is 16.6. The number of rotatable bonds is 2. The number of carbonyl (C=O) groups excluding carboxylic acids is 1. The maximum atomic E-state index is 11.8. The normalized spacial score (nSPS) is 10.5. The van der Waals surface area contributed by atoms with E-state index in [1.807, 2.05) is 20.8 Å². The average molecular weight is 276 g/mol. The smallest absolute Gasteiger partial charge is 0.358 e. The summed E-state index contributed by atoms with van der Waals surface area (Å²) >= 11 is 1.31. The van der Waals surface area contributed by atoms with Gasteiger partial charge in [0.25, 0.3) is 0 Å². The van der Waals surface area contributed by atoms with Crippen molar-refractivity contribution in [3.05, 3.63) is 34.5 Å². The van der Waals surface area contributed by atoms with E-state index in [1.165, 1.54) is 24.0 Å². The van der Waals surface area contributed by atoms with E-state index in [0.717, 1.165) is 21.6 Å². The summed E-state index contributed by atoms with van der Waals surface area (Å²) < 4.78 is 4.76. The zero-order chi connectivity index (χ0) is 14.2. The minimum atomic E-state index is -0.456. The van der Waals surface area contributed by atoms with Crippen LogP contribution in [0.4, 0.5) is 5.13 Å². The number of aromatic nitrogens is 1. The van der Waals surface area contributed by atoms with E-state index in [1.54, 1.807) is 0 Å². The monoisotopic (exact) mass is 276 g/mol. The molecule has 0 spiro atoms. The second kappa shape index (κ2) is 5.01. The summed E-state index contributed by atoms with van der Waals surface area (Å²) in [5, 5.41) is 0.370. The number of thiazole rings is 1. The van der Waals surface area contributed by atoms with Crippen molar-refractivity contribution in [2.45, 2.75) is 20.8 Å². The number of nitrogens with two attached hydrogens (primary N) is 1. The van der Waals surface area contributed by atoms with Gasteiger partial charge in [0.05, 0.1) is 12.0 Å². The first-order valence-electron chi connectivity index (χ1n) is 5.87. The molecule has 0 atom stereocenters. The van der Waals surface area contributed by atoms with Gasteiger partial charge in [0, 0.05) is 5.56 Å². The van der Waals surface area contributed by atoms with Crippen LogP contribution in [-0.4, -0.2) is 18.1 Å². The lowest BCUT2D eigenvalue weighted by Gasteiger charge is -2.10. The fourth-order valence-corrected chi connectivity index (χ4v) is 3.28. The number of nitrogens with zero attached hydrogens (tertiary/aromatic N) is 1. The molecule has 0 bridgehead atoms. The van der Waals surface area contributed by atoms with Crippen LogP contribution in [0, 0.1) is 20.8 Å². The molecular weight excluding hydrogens is 260 g/mol. The van der Waals surface area contributed by atoms with Crippen molar-refractivity contribution < 1.29 is 9.53 Å². The molecule has 19 heavy (non-hydrogen) atoms. The van der Waals surface area contributed by atoms with Gasteiger partial charge < -0.3 is 10.5 Å². The summed E-state index contributed by atoms with van der Waals surface area (Å²) in [6.45, 7) is 6.09. The third-order valence-corrected chi connectivity index (χ3v) is 3.83. The van der Waals surface area contributed by atoms with Crippen LogP contribution in [0.1, 0.15) is 27.2 Å². The summed E-state index contributed by atoms with van der Waals surface area (Å²) in [6.07, 6.45) is 0. The summed E-state index contributed by atoms with van der Waals surface area (Å²) in [5.74, 6) is -0.456. The van der Waals surface area contributed by atoms with Crippen molar-refractivity contribution in [1.29, 1.82) is 0 Å². The molecule has 0 aliphatic heterocycles. The number of nitrogen functional groups attached to an aromatic ring is 1. The van der Waals surface area contributed by atoms with Gasteiger partial charge in [0.1, 0.15) is 0 Å². The molecule has 0 saturated heterocycles. The quantitative estimate of drug-likeness (QED) is 0.856. The second-order valence-corrected chi connectivity index (χ2v) is 5.53. The maximum absolute atomic E-state index is 11.8. The Morgan fingerprint density at radius 2 is 1.84 bits per heavy atom. The molecule has 100 valence electrons. The first kappa shape index (κ1) is 13.5. The number of benzene rings is 1. The Labute approximate surface area is 116 Å². The highest BCUT2D eigenvalue weighted by molar-refractivity contribution is 7.19. The van der Waals surface area contributed by atoms with E-state index in [9.17, 15) is 4.79 Å². The molecule has 0 amide bonds. The van der Waals surface area contributed by atoms with Gasteiger partial charge in [0.15, 0.2) is 10.8 Å². The zero-order valence-electron chi connectivity index (χ0n) is 11.4. The summed E-state index contributed by atoms with van der Waals surface area (Å²) in [7, 11) is 1.34.